The van der Waals surface area contributed by atoms with Gasteiger partial charge in [0, 0.05) is 48.2 Å². The standard InChI is InChI=1S/C29H37Cl2N7O2/c1-6-25(39)37-14-17(15-37)32-28(40)26-27(31)33-24(38(26)18-8-7-11-36(5)16-18)10-9-22-19-12-20(29(2,3)4)21(30)13-23(19)35-34-22/h6,12-13,17-18H,1,7-11,14-16H2,2-5H3,(H,32,40)(H,34,35). The topological polar surface area (TPSA) is 99.1 Å². The maximum absolute atomic E-state index is 13.5. The number of likely N-dealkylation sites (tertiary alicyclic amines) is 2. The lowest BCUT2D eigenvalue weighted by molar-refractivity contribution is -0.130. The molecule has 1 atom stereocenters. The molecule has 2 fully saturated rings. The molecule has 11 heteroatoms. The summed E-state index contributed by atoms with van der Waals surface area (Å²) < 4.78 is 2.05. The van der Waals surface area contributed by atoms with Gasteiger partial charge in [-0.15, -0.1) is 0 Å². The van der Waals surface area contributed by atoms with E-state index < -0.39 is 0 Å². The van der Waals surface area contributed by atoms with Crippen molar-refractivity contribution in [3.8, 4) is 0 Å². The molecule has 2 aliphatic rings. The van der Waals surface area contributed by atoms with Crippen LogP contribution in [0.15, 0.2) is 24.8 Å². The number of rotatable bonds is 7. The summed E-state index contributed by atoms with van der Waals surface area (Å²) in [6, 6.07) is 4.00. The average Bonchev–Trinajstić information content (AvgIpc) is 3.42. The maximum Gasteiger partial charge on any atom is 0.271 e. The number of halogens is 2. The molecule has 0 aliphatic carbocycles. The van der Waals surface area contributed by atoms with E-state index in [9.17, 15) is 9.59 Å². The first-order valence-corrected chi connectivity index (χ1v) is 14.6. The highest BCUT2D eigenvalue weighted by molar-refractivity contribution is 6.32. The number of piperidine rings is 1. The third-order valence-corrected chi connectivity index (χ3v) is 8.53. The molecule has 5 rings (SSSR count). The Balaban J connectivity index is 1.42. The molecule has 0 saturated carbocycles. The van der Waals surface area contributed by atoms with Gasteiger partial charge in [0.25, 0.3) is 5.91 Å². The summed E-state index contributed by atoms with van der Waals surface area (Å²) >= 11 is 13.2. The van der Waals surface area contributed by atoms with Gasteiger partial charge < -0.3 is 19.7 Å². The van der Waals surface area contributed by atoms with Crippen molar-refractivity contribution in [3.63, 3.8) is 0 Å². The van der Waals surface area contributed by atoms with Gasteiger partial charge in [0.1, 0.15) is 11.5 Å². The van der Waals surface area contributed by atoms with E-state index in [2.05, 4.69) is 65.4 Å². The molecule has 3 aromatic rings. The number of aromatic nitrogens is 4. The summed E-state index contributed by atoms with van der Waals surface area (Å²) in [5.74, 6) is 0.383. The second-order valence-corrected chi connectivity index (χ2v) is 12.8. The van der Waals surface area contributed by atoms with Crippen molar-refractivity contribution < 1.29 is 9.59 Å². The van der Waals surface area contributed by atoms with Crippen molar-refractivity contribution >= 4 is 45.9 Å². The molecule has 2 saturated heterocycles. The van der Waals surface area contributed by atoms with Crippen LogP contribution in [0.1, 0.15) is 67.2 Å². The SMILES string of the molecule is C=CC(=O)N1CC(NC(=O)c2c(Cl)nc(CCc3[nH]nc4cc(Cl)c(C(C)(C)C)cc34)n2C2CCCN(C)C2)C1. The van der Waals surface area contributed by atoms with E-state index in [0.29, 0.717) is 36.6 Å². The highest BCUT2D eigenvalue weighted by atomic mass is 35.5. The molecular weight excluding hydrogens is 549 g/mol. The lowest BCUT2D eigenvalue weighted by Crippen LogP contribution is -2.60. The van der Waals surface area contributed by atoms with Crippen molar-refractivity contribution in [1.29, 1.82) is 0 Å². The second-order valence-electron chi connectivity index (χ2n) is 12.0. The van der Waals surface area contributed by atoms with Gasteiger partial charge in [-0.1, -0.05) is 50.6 Å². The van der Waals surface area contributed by atoms with Gasteiger partial charge in [0.05, 0.1) is 11.6 Å². The number of hydrogen-bond donors (Lipinski definition) is 2. The predicted molar refractivity (Wildman–Crippen MR) is 158 cm³/mol. The van der Waals surface area contributed by atoms with Crippen LogP contribution in [0.4, 0.5) is 0 Å². The fraction of sp³-hybridized carbons (Fsp3) is 0.517. The van der Waals surface area contributed by atoms with E-state index in [1.54, 1.807) is 4.90 Å². The Hall–Kier alpha value is -2.88. The molecule has 1 aromatic carbocycles. The van der Waals surface area contributed by atoms with E-state index >= 15 is 0 Å². The molecule has 214 valence electrons. The fourth-order valence-corrected chi connectivity index (χ4v) is 6.51. The lowest BCUT2D eigenvalue weighted by atomic mass is 9.86. The number of carbonyl (C=O) groups is 2. The molecular formula is C29H37Cl2N7O2. The third-order valence-electron chi connectivity index (χ3n) is 7.95. The van der Waals surface area contributed by atoms with Gasteiger partial charge in [-0.3, -0.25) is 14.7 Å². The molecule has 4 heterocycles. The molecule has 2 aliphatic heterocycles. The minimum Gasteiger partial charge on any atom is -0.344 e. The van der Waals surface area contributed by atoms with Gasteiger partial charge in [-0.05, 0) is 62.0 Å². The molecule has 40 heavy (non-hydrogen) atoms. The average molecular weight is 587 g/mol. The Kier molecular flexibility index (Phi) is 8.01. The quantitative estimate of drug-likeness (QED) is 0.396. The van der Waals surface area contributed by atoms with Gasteiger partial charge in [0.2, 0.25) is 5.91 Å². The number of aromatic amines is 1. The van der Waals surface area contributed by atoms with Crippen LogP contribution in [0, 0.1) is 0 Å². The van der Waals surface area contributed by atoms with Crippen LogP contribution < -0.4 is 5.32 Å². The number of imidazole rings is 1. The Morgan fingerprint density at radius 2 is 1.95 bits per heavy atom. The molecule has 2 N–H and O–H groups in total. The highest BCUT2D eigenvalue weighted by Gasteiger charge is 2.34. The lowest BCUT2D eigenvalue weighted by Gasteiger charge is -2.39. The number of fused-ring (bicyclic) bond motifs is 1. The van der Waals surface area contributed by atoms with Crippen LogP contribution in [0.25, 0.3) is 10.9 Å². The van der Waals surface area contributed by atoms with Crippen LogP contribution in [0.2, 0.25) is 10.2 Å². The molecule has 0 bridgehead atoms. The van der Waals surface area contributed by atoms with E-state index in [1.165, 1.54) is 6.08 Å². The highest BCUT2D eigenvalue weighted by Crippen LogP contribution is 2.34. The Morgan fingerprint density at radius 1 is 1.20 bits per heavy atom. The monoisotopic (exact) mass is 585 g/mol. The largest absolute Gasteiger partial charge is 0.344 e. The van der Waals surface area contributed by atoms with Gasteiger partial charge >= 0.3 is 0 Å². The van der Waals surface area contributed by atoms with Crippen molar-refractivity contribution in [2.45, 2.75) is 64.0 Å². The summed E-state index contributed by atoms with van der Waals surface area (Å²) in [4.78, 5) is 34.0. The van der Waals surface area contributed by atoms with Gasteiger partial charge in [-0.25, -0.2) is 4.98 Å². The zero-order valence-electron chi connectivity index (χ0n) is 23.6. The van der Waals surface area contributed by atoms with Crippen LogP contribution >= 0.6 is 23.2 Å². The number of carbonyl (C=O) groups excluding carboxylic acids is 2. The van der Waals surface area contributed by atoms with Crippen molar-refractivity contribution in [2.24, 2.45) is 0 Å². The zero-order chi connectivity index (χ0) is 28.8. The summed E-state index contributed by atoms with van der Waals surface area (Å²) in [6.45, 7) is 12.7. The number of likely N-dealkylation sites (N-methyl/N-ethyl adjacent to an activating group) is 1. The van der Waals surface area contributed by atoms with E-state index in [0.717, 1.165) is 53.9 Å². The molecule has 0 radical (unpaired) electrons. The minimum atomic E-state index is -0.260. The van der Waals surface area contributed by atoms with Crippen LogP contribution in [0.3, 0.4) is 0 Å². The molecule has 2 amide bonds. The van der Waals surface area contributed by atoms with Gasteiger partial charge in [-0.2, -0.15) is 5.10 Å². The smallest absolute Gasteiger partial charge is 0.271 e. The predicted octanol–water partition coefficient (Wildman–Crippen LogP) is 4.54. The summed E-state index contributed by atoms with van der Waals surface area (Å²) in [5, 5.41) is 12.7. The van der Waals surface area contributed by atoms with Crippen molar-refractivity contribution in [3.05, 3.63) is 57.7 Å². The molecule has 1 unspecified atom stereocenters. The molecule has 9 nitrogen and oxygen atoms in total. The number of nitrogens with zero attached hydrogens (tertiary/aromatic N) is 5. The molecule has 0 spiro atoms. The first-order valence-electron chi connectivity index (χ1n) is 13.8. The van der Waals surface area contributed by atoms with Crippen LogP contribution in [-0.2, 0) is 23.1 Å². The number of benzene rings is 1. The normalized spacial score (nSPS) is 18.6. The zero-order valence-corrected chi connectivity index (χ0v) is 25.1. The van der Waals surface area contributed by atoms with E-state index in [1.807, 2.05) is 6.07 Å². The summed E-state index contributed by atoms with van der Waals surface area (Å²) in [7, 11) is 2.10. The number of H-pyrrole nitrogens is 1. The van der Waals surface area contributed by atoms with Crippen molar-refractivity contribution in [1.82, 2.24) is 34.9 Å². The van der Waals surface area contributed by atoms with Gasteiger partial charge in [0.15, 0.2) is 5.15 Å². The van der Waals surface area contributed by atoms with E-state index in [4.69, 9.17) is 28.2 Å². The third kappa shape index (κ3) is 5.64. The van der Waals surface area contributed by atoms with Crippen molar-refractivity contribution in [2.75, 3.05) is 33.2 Å². The van der Waals surface area contributed by atoms with E-state index in [-0.39, 0.29) is 34.5 Å². The number of aryl methyl sites for hydroxylation is 2. The Labute approximate surface area is 244 Å². The minimum absolute atomic E-state index is 0.0829. The first kappa shape index (κ1) is 28.6. The number of nitrogens with one attached hydrogen (secondary N) is 2. The van der Waals surface area contributed by atoms with Crippen LogP contribution in [0.5, 0.6) is 0 Å². The number of amides is 2. The first-order chi connectivity index (χ1) is 19.0. The maximum atomic E-state index is 13.5. The summed E-state index contributed by atoms with van der Waals surface area (Å²) in [6.07, 6.45) is 4.50. The number of hydrogen-bond acceptors (Lipinski definition) is 5. The Morgan fingerprint density at radius 3 is 2.62 bits per heavy atom. The van der Waals surface area contributed by atoms with Crippen LogP contribution in [-0.4, -0.2) is 80.6 Å². The molecule has 2 aromatic heterocycles. The fourth-order valence-electron chi connectivity index (χ4n) is 5.79. The second kappa shape index (κ2) is 11.2. The summed E-state index contributed by atoms with van der Waals surface area (Å²) in [5.41, 5.74) is 3.18. The Bertz CT molecular complexity index is 1450.